The van der Waals surface area contributed by atoms with Gasteiger partial charge in [0, 0.05) is 24.4 Å². The molecule has 0 radical (unpaired) electrons. The Bertz CT molecular complexity index is 1160. The fourth-order valence-electron chi connectivity index (χ4n) is 3.32. The monoisotopic (exact) mass is 443 g/mol. The Balaban J connectivity index is 0.00000256. The summed E-state index contributed by atoms with van der Waals surface area (Å²) in [6.45, 7) is 2.14. The van der Waals surface area contributed by atoms with Gasteiger partial charge in [-0.15, -0.1) is 12.4 Å². The lowest BCUT2D eigenvalue weighted by atomic mass is 10.2. The highest BCUT2D eigenvalue weighted by molar-refractivity contribution is 6.32. The summed E-state index contributed by atoms with van der Waals surface area (Å²) in [6, 6.07) is 15.5. The molecule has 8 heteroatoms. The molecule has 0 unspecified atom stereocenters. The molecule has 0 saturated heterocycles. The van der Waals surface area contributed by atoms with Crippen molar-refractivity contribution in [2.24, 2.45) is 7.05 Å². The maximum absolute atomic E-state index is 6.17. The van der Waals surface area contributed by atoms with Crippen LogP contribution in [0.3, 0.4) is 0 Å². The Kier molecular flexibility index (Phi) is 6.80. The third kappa shape index (κ3) is 4.20. The van der Waals surface area contributed by atoms with Crippen LogP contribution >= 0.6 is 24.0 Å². The van der Waals surface area contributed by atoms with Gasteiger partial charge in [-0.1, -0.05) is 55.3 Å². The third-order valence-electron chi connectivity index (χ3n) is 4.68. The van der Waals surface area contributed by atoms with E-state index in [1.54, 1.807) is 13.2 Å². The van der Waals surface area contributed by atoms with Gasteiger partial charge in [-0.3, -0.25) is 4.68 Å². The van der Waals surface area contributed by atoms with E-state index >= 15 is 0 Å². The van der Waals surface area contributed by atoms with Crippen LogP contribution in [0.1, 0.15) is 19.0 Å². The molecule has 0 aliphatic carbocycles. The molecule has 2 heterocycles. The van der Waals surface area contributed by atoms with Crippen LogP contribution < -0.4 is 10.1 Å². The molecule has 0 saturated carbocycles. The minimum Gasteiger partial charge on any atom is -0.495 e. The highest BCUT2D eigenvalue weighted by Crippen LogP contribution is 2.32. The zero-order valence-electron chi connectivity index (χ0n) is 17.0. The lowest BCUT2D eigenvalue weighted by Crippen LogP contribution is -2.02. The van der Waals surface area contributed by atoms with E-state index in [1.165, 1.54) is 0 Å². The van der Waals surface area contributed by atoms with E-state index < -0.39 is 0 Å². The van der Waals surface area contributed by atoms with Crippen LogP contribution in [-0.2, 0) is 13.5 Å². The first-order valence-corrected chi connectivity index (χ1v) is 9.88. The number of rotatable bonds is 6. The summed E-state index contributed by atoms with van der Waals surface area (Å²) >= 11 is 6.17. The van der Waals surface area contributed by atoms with Gasteiger partial charge >= 0.3 is 0 Å². The first-order valence-electron chi connectivity index (χ1n) is 9.50. The van der Waals surface area contributed by atoms with E-state index in [4.69, 9.17) is 31.4 Å². The average molecular weight is 444 g/mol. The molecule has 0 amide bonds. The van der Waals surface area contributed by atoms with Crippen LogP contribution in [0, 0.1) is 0 Å². The van der Waals surface area contributed by atoms with Crippen molar-refractivity contribution in [3.8, 4) is 17.1 Å². The number of aromatic nitrogens is 4. The molecule has 0 spiro atoms. The molecule has 0 fully saturated rings. The van der Waals surface area contributed by atoms with Crippen molar-refractivity contribution in [2.45, 2.75) is 19.8 Å². The zero-order chi connectivity index (χ0) is 20.4. The minimum atomic E-state index is 0. The Hall–Kier alpha value is -2.83. The van der Waals surface area contributed by atoms with Crippen molar-refractivity contribution in [1.29, 1.82) is 0 Å². The molecule has 1 N–H and O–H groups in total. The number of ether oxygens (including phenoxy) is 1. The Morgan fingerprint density at radius 1 is 1.10 bits per heavy atom. The standard InChI is InChI=1S/C22H22ClN5O.ClH/c1-4-8-17-19-20(28(2)27-17)22(24-15-11-12-16(23)18(13-15)29-3)26-21(25-19)14-9-6-5-7-10-14;/h5-7,9-13H,4,8H2,1-3H3,(H,24,25,26);1H. The number of benzene rings is 2. The molecule has 0 atom stereocenters. The van der Waals surface area contributed by atoms with Crippen molar-refractivity contribution >= 4 is 46.5 Å². The summed E-state index contributed by atoms with van der Waals surface area (Å²) in [5.74, 6) is 1.95. The smallest absolute Gasteiger partial charge is 0.162 e. The number of nitrogens with one attached hydrogen (secondary N) is 1. The largest absolute Gasteiger partial charge is 0.495 e. The number of hydrogen-bond donors (Lipinski definition) is 1. The Morgan fingerprint density at radius 3 is 2.57 bits per heavy atom. The zero-order valence-corrected chi connectivity index (χ0v) is 18.6. The highest BCUT2D eigenvalue weighted by Gasteiger charge is 2.18. The SMILES string of the molecule is CCCc1nn(C)c2c(Nc3ccc(Cl)c(OC)c3)nc(-c3ccccc3)nc12.Cl. The minimum absolute atomic E-state index is 0. The van der Waals surface area contributed by atoms with E-state index in [-0.39, 0.29) is 12.4 Å². The number of hydrogen-bond acceptors (Lipinski definition) is 5. The second-order valence-electron chi connectivity index (χ2n) is 6.75. The second kappa shape index (κ2) is 9.32. The normalized spacial score (nSPS) is 10.7. The maximum atomic E-state index is 6.17. The summed E-state index contributed by atoms with van der Waals surface area (Å²) in [6.07, 6.45) is 1.85. The molecule has 2 aromatic heterocycles. The number of anilines is 2. The van der Waals surface area contributed by atoms with Crippen molar-refractivity contribution in [3.05, 3.63) is 59.2 Å². The summed E-state index contributed by atoms with van der Waals surface area (Å²) in [5, 5.41) is 8.65. The fraction of sp³-hybridized carbons (Fsp3) is 0.227. The van der Waals surface area contributed by atoms with E-state index in [1.807, 2.05) is 54.2 Å². The van der Waals surface area contributed by atoms with Crippen LogP contribution in [0.15, 0.2) is 48.5 Å². The van der Waals surface area contributed by atoms with Crippen LogP contribution in [0.25, 0.3) is 22.4 Å². The number of methoxy groups -OCH3 is 1. The van der Waals surface area contributed by atoms with Gasteiger partial charge in [0.15, 0.2) is 11.6 Å². The fourth-order valence-corrected chi connectivity index (χ4v) is 3.52. The number of fused-ring (bicyclic) bond motifs is 1. The quantitative estimate of drug-likeness (QED) is 0.407. The molecule has 30 heavy (non-hydrogen) atoms. The third-order valence-corrected chi connectivity index (χ3v) is 5.00. The highest BCUT2D eigenvalue weighted by atomic mass is 35.5. The van der Waals surface area contributed by atoms with E-state index in [0.717, 1.165) is 40.8 Å². The molecule has 4 aromatic rings. The maximum Gasteiger partial charge on any atom is 0.162 e. The van der Waals surface area contributed by atoms with Crippen molar-refractivity contribution in [2.75, 3.05) is 12.4 Å². The van der Waals surface area contributed by atoms with E-state index in [9.17, 15) is 0 Å². The van der Waals surface area contributed by atoms with Gasteiger partial charge in [0.2, 0.25) is 0 Å². The molecular weight excluding hydrogens is 421 g/mol. The molecule has 0 aliphatic heterocycles. The lowest BCUT2D eigenvalue weighted by Gasteiger charge is -2.12. The molecule has 0 aliphatic rings. The average Bonchev–Trinajstić information content (AvgIpc) is 3.06. The van der Waals surface area contributed by atoms with Crippen LogP contribution in [0.5, 0.6) is 5.75 Å². The van der Waals surface area contributed by atoms with Gasteiger partial charge in [-0.2, -0.15) is 5.10 Å². The summed E-state index contributed by atoms with van der Waals surface area (Å²) in [5.41, 5.74) is 4.48. The van der Waals surface area contributed by atoms with Gasteiger partial charge in [-0.05, 0) is 18.6 Å². The molecule has 4 rings (SSSR count). The van der Waals surface area contributed by atoms with Crippen molar-refractivity contribution in [3.63, 3.8) is 0 Å². The van der Waals surface area contributed by atoms with Crippen molar-refractivity contribution < 1.29 is 4.74 Å². The molecule has 6 nitrogen and oxygen atoms in total. The predicted molar refractivity (Wildman–Crippen MR) is 124 cm³/mol. The number of aryl methyl sites for hydroxylation is 2. The van der Waals surface area contributed by atoms with Crippen LogP contribution in [-0.4, -0.2) is 26.9 Å². The summed E-state index contributed by atoms with van der Waals surface area (Å²) in [4.78, 5) is 9.68. The van der Waals surface area contributed by atoms with Gasteiger partial charge in [-0.25, -0.2) is 9.97 Å². The Morgan fingerprint density at radius 2 is 1.87 bits per heavy atom. The molecule has 2 aromatic carbocycles. The molecular formula is C22H23Cl2N5O. The number of halogens is 2. The first-order chi connectivity index (χ1) is 14.1. The van der Waals surface area contributed by atoms with Gasteiger partial charge < -0.3 is 10.1 Å². The predicted octanol–water partition coefficient (Wildman–Crippen LogP) is 5.81. The van der Waals surface area contributed by atoms with Crippen LogP contribution in [0.2, 0.25) is 5.02 Å². The van der Waals surface area contributed by atoms with Gasteiger partial charge in [0.1, 0.15) is 16.8 Å². The summed E-state index contributed by atoms with van der Waals surface area (Å²) in [7, 11) is 3.51. The van der Waals surface area contributed by atoms with Crippen molar-refractivity contribution in [1.82, 2.24) is 19.7 Å². The molecule has 156 valence electrons. The van der Waals surface area contributed by atoms with Gasteiger partial charge in [0.05, 0.1) is 17.8 Å². The molecule has 0 bridgehead atoms. The lowest BCUT2D eigenvalue weighted by molar-refractivity contribution is 0.415. The van der Waals surface area contributed by atoms with E-state index in [0.29, 0.717) is 22.4 Å². The number of nitrogens with zero attached hydrogens (tertiary/aromatic N) is 4. The second-order valence-corrected chi connectivity index (χ2v) is 7.16. The topological polar surface area (TPSA) is 64.9 Å². The van der Waals surface area contributed by atoms with E-state index in [2.05, 4.69) is 12.2 Å². The summed E-state index contributed by atoms with van der Waals surface area (Å²) < 4.78 is 7.18. The van der Waals surface area contributed by atoms with Crippen LogP contribution in [0.4, 0.5) is 11.5 Å². The Labute approximate surface area is 186 Å². The first kappa shape index (κ1) is 21.9. The van der Waals surface area contributed by atoms with Gasteiger partial charge in [0.25, 0.3) is 0 Å².